The molecule has 0 bridgehead atoms. The second-order valence-electron chi connectivity index (χ2n) is 8.13. The normalized spacial score (nSPS) is 19.5. The van der Waals surface area contributed by atoms with Crippen molar-refractivity contribution in [3.05, 3.63) is 51.0 Å². The number of nitrogens with zero attached hydrogens (tertiary/aromatic N) is 6. The van der Waals surface area contributed by atoms with Crippen molar-refractivity contribution < 1.29 is 9.53 Å². The van der Waals surface area contributed by atoms with E-state index in [1.807, 2.05) is 34.1 Å². The highest BCUT2D eigenvalue weighted by molar-refractivity contribution is 6.31. The van der Waals surface area contributed by atoms with Crippen LogP contribution in [0, 0.1) is 0 Å². The van der Waals surface area contributed by atoms with Gasteiger partial charge in [-0.05, 0) is 24.5 Å². The molecule has 0 radical (unpaired) electrons. The van der Waals surface area contributed by atoms with Crippen molar-refractivity contribution in [1.29, 1.82) is 0 Å². The minimum atomic E-state index is -0.327. The van der Waals surface area contributed by atoms with E-state index in [0.29, 0.717) is 62.4 Å². The number of halogens is 1. The molecule has 1 N–H and O–H groups in total. The van der Waals surface area contributed by atoms with E-state index in [4.69, 9.17) is 21.3 Å². The van der Waals surface area contributed by atoms with Gasteiger partial charge >= 0.3 is 6.03 Å². The number of amides is 2. The van der Waals surface area contributed by atoms with Crippen LogP contribution in [-0.2, 0) is 11.3 Å². The molecule has 4 heterocycles. The summed E-state index contributed by atoms with van der Waals surface area (Å²) in [5.41, 5.74) is 1.15. The number of fused-ring (bicyclic) bond motifs is 1. The molecule has 2 saturated heterocycles. The molecule has 1 unspecified atom stereocenters. The first-order chi connectivity index (χ1) is 15.6. The van der Waals surface area contributed by atoms with Crippen molar-refractivity contribution in [2.24, 2.45) is 0 Å². The van der Waals surface area contributed by atoms with E-state index in [2.05, 4.69) is 15.3 Å². The lowest BCUT2D eigenvalue weighted by atomic mass is 9.97. The van der Waals surface area contributed by atoms with Gasteiger partial charge in [0.2, 0.25) is 0 Å². The van der Waals surface area contributed by atoms with Crippen LogP contribution in [0.3, 0.4) is 0 Å². The Kier molecular flexibility index (Phi) is 5.79. The zero-order valence-electron chi connectivity index (χ0n) is 17.5. The molecule has 0 saturated carbocycles. The number of hydrogen-bond acceptors (Lipinski definition) is 6. The third-order valence-electron chi connectivity index (χ3n) is 6.03. The lowest BCUT2D eigenvalue weighted by Gasteiger charge is -2.37. The summed E-state index contributed by atoms with van der Waals surface area (Å²) in [5, 5.41) is 8.76. The first kappa shape index (κ1) is 20.9. The summed E-state index contributed by atoms with van der Waals surface area (Å²) < 4.78 is 6.94. The van der Waals surface area contributed by atoms with E-state index < -0.39 is 0 Å². The molecule has 32 heavy (non-hydrogen) atoms. The number of morpholine rings is 1. The molecule has 2 fully saturated rings. The van der Waals surface area contributed by atoms with Crippen LogP contribution in [0.5, 0.6) is 0 Å². The van der Waals surface area contributed by atoms with Crippen molar-refractivity contribution in [2.75, 3.05) is 39.4 Å². The lowest BCUT2D eigenvalue weighted by Crippen LogP contribution is -2.50. The van der Waals surface area contributed by atoms with Gasteiger partial charge in [0.15, 0.2) is 11.2 Å². The number of piperidine rings is 1. The number of carbonyl (C=O) groups excluding carboxylic acids is 1. The van der Waals surface area contributed by atoms with Crippen molar-refractivity contribution in [1.82, 2.24) is 34.8 Å². The number of nitrogens with one attached hydrogen (secondary N) is 1. The van der Waals surface area contributed by atoms with Gasteiger partial charge in [-0.25, -0.2) is 14.5 Å². The maximum absolute atomic E-state index is 12.9. The monoisotopic (exact) mass is 457 g/mol. The third kappa shape index (κ3) is 4.07. The Hall–Kier alpha value is -2.98. The fourth-order valence-corrected chi connectivity index (χ4v) is 4.50. The van der Waals surface area contributed by atoms with Gasteiger partial charge in [-0.1, -0.05) is 35.0 Å². The minimum Gasteiger partial charge on any atom is -0.378 e. The maximum atomic E-state index is 12.9. The molecule has 168 valence electrons. The number of aromatic amines is 1. The van der Waals surface area contributed by atoms with Crippen molar-refractivity contribution in [3.8, 4) is 0 Å². The Balaban J connectivity index is 1.40. The van der Waals surface area contributed by atoms with Crippen LogP contribution >= 0.6 is 11.6 Å². The van der Waals surface area contributed by atoms with E-state index >= 15 is 0 Å². The summed E-state index contributed by atoms with van der Waals surface area (Å²) >= 11 is 6.29. The molecule has 5 rings (SSSR count). The number of ether oxygens (including phenoxy) is 1. The van der Waals surface area contributed by atoms with E-state index in [0.717, 1.165) is 18.4 Å². The molecule has 10 nitrogen and oxygen atoms in total. The molecule has 3 aromatic rings. The lowest BCUT2D eigenvalue weighted by molar-refractivity contribution is 0.0407. The smallest absolute Gasteiger partial charge is 0.320 e. The molecular formula is C21H24ClN7O3. The summed E-state index contributed by atoms with van der Waals surface area (Å²) in [4.78, 5) is 36.9. The summed E-state index contributed by atoms with van der Waals surface area (Å²) in [6.07, 6.45) is 1.69. The Bertz CT molecular complexity index is 1190. The quantitative estimate of drug-likeness (QED) is 0.642. The second-order valence-corrected chi connectivity index (χ2v) is 8.54. The number of aromatic nitrogens is 5. The second kappa shape index (κ2) is 8.87. The van der Waals surface area contributed by atoms with Crippen molar-refractivity contribution in [3.63, 3.8) is 0 Å². The number of urea groups is 1. The Morgan fingerprint density at radius 2 is 2.00 bits per heavy atom. The molecule has 2 aliphatic heterocycles. The van der Waals surface area contributed by atoms with Crippen LogP contribution in [-0.4, -0.2) is 80.2 Å². The highest BCUT2D eigenvalue weighted by Gasteiger charge is 2.30. The largest absolute Gasteiger partial charge is 0.378 e. The summed E-state index contributed by atoms with van der Waals surface area (Å²) in [6.45, 7) is 3.91. The van der Waals surface area contributed by atoms with E-state index in [1.54, 1.807) is 4.68 Å². The average molecular weight is 458 g/mol. The predicted molar refractivity (Wildman–Crippen MR) is 118 cm³/mol. The highest BCUT2D eigenvalue weighted by Crippen LogP contribution is 2.26. The van der Waals surface area contributed by atoms with Crippen LogP contribution < -0.4 is 5.56 Å². The van der Waals surface area contributed by atoms with E-state index in [9.17, 15) is 9.59 Å². The van der Waals surface area contributed by atoms with Gasteiger partial charge in [-0.15, -0.1) is 5.10 Å². The van der Waals surface area contributed by atoms with Crippen molar-refractivity contribution >= 4 is 28.8 Å². The predicted octanol–water partition coefficient (Wildman–Crippen LogP) is 1.85. The van der Waals surface area contributed by atoms with Gasteiger partial charge in [-0.3, -0.25) is 4.79 Å². The number of likely N-dealkylation sites (tertiary alicyclic amines) is 1. The standard InChI is InChI=1S/C21H24ClN7O3/c22-16-6-2-1-4-14(16)13-29-19-17(25-26-29)20(30)24-18(23-19)15-5-3-7-28(12-15)21(31)27-8-10-32-11-9-27/h1-2,4,6,15H,3,5,7-13H2,(H,23,24,30). The molecule has 1 aromatic carbocycles. The Morgan fingerprint density at radius 3 is 2.81 bits per heavy atom. The van der Waals surface area contributed by atoms with Crippen LogP contribution in [0.1, 0.15) is 30.1 Å². The van der Waals surface area contributed by atoms with Crippen LogP contribution in [0.4, 0.5) is 4.79 Å². The Labute approximate surface area is 189 Å². The van der Waals surface area contributed by atoms with E-state index in [-0.39, 0.29) is 23.0 Å². The van der Waals surface area contributed by atoms with Gasteiger partial charge in [0.25, 0.3) is 5.56 Å². The summed E-state index contributed by atoms with van der Waals surface area (Å²) in [5.74, 6) is 0.499. The SMILES string of the molecule is O=C(N1CCOCC1)N1CCCC(c2nc3c(nnn3Cc3ccccc3Cl)c(=O)[nH]2)C1. The molecule has 2 aromatic heterocycles. The summed E-state index contributed by atoms with van der Waals surface area (Å²) in [6, 6.07) is 7.49. The number of hydrogen-bond donors (Lipinski definition) is 1. The molecule has 1 atom stereocenters. The van der Waals surface area contributed by atoms with Crippen LogP contribution in [0.2, 0.25) is 5.02 Å². The van der Waals surface area contributed by atoms with Gasteiger partial charge in [0.1, 0.15) is 5.82 Å². The molecule has 2 aliphatic rings. The molecule has 0 spiro atoms. The fraction of sp³-hybridized carbons (Fsp3) is 0.476. The first-order valence-electron chi connectivity index (χ1n) is 10.8. The highest BCUT2D eigenvalue weighted by atomic mass is 35.5. The molecule has 0 aliphatic carbocycles. The average Bonchev–Trinajstić information content (AvgIpc) is 3.24. The number of rotatable bonds is 3. The third-order valence-corrected chi connectivity index (χ3v) is 6.40. The minimum absolute atomic E-state index is 0.0202. The summed E-state index contributed by atoms with van der Waals surface area (Å²) in [7, 11) is 0. The fourth-order valence-electron chi connectivity index (χ4n) is 4.30. The first-order valence-corrected chi connectivity index (χ1v) is 11.2. The Morgan fingerprint density at radius 1 is 1.19 bits per heavy atom. The van der Waals surface area contributed by atoms with Gasteiger partial charge in [0.05, 0.1) is 19.8 Å². The van der Waals surface area contributed by atoms with Gasteiger partial charge in [-0.2, -0.15) is 0 Å². The molecule has 2 amide bonds. The molecular weight excluding hydrogens is 434 g/mol. The maximum Gasteiger partial charge on any atom is 0.320 e. The topological polar surface area (TPSA) is 109 Å². The van der Waals surface area contributed by atoms with E-state index in [1.165, 1.54) is 0 Å². The number of H-pyrrole nitrogens is 1. The van der Waals surface area contributed by atoms with Crippen molar-refractivity contribution in [2.45, 2.75) is 25.3 Å². The van der Waals surface area contributed by atoms with Crippen LogP contribution in [0.15, 0.2) is 29.1 Å². The zero-order chi connectivity index (χ0) is 22.1. The number of benzene rings is 1. The molecule has 11 heteroatoms. The zero-order valence-corrected chi connectivity index (χ0v) is 18.3. The van der Waals surface area contributed by atoms with Gasteiger partial charge < -0.3 is 19.5 Å². The van der Waals surface area contributed by atoms with Gasteiger partial charge in [0, 0.05) is 37.1 Å². The number of carbonyl (C=O) groups is 1. The van der Waals surface area contributed by atoms with Crippen LogP contribution in [0.25, 0.3) is 11.2 Å².